The van der Waals surface area contributed by atoms with Gasteiger partial charge in [0.05, 0.1) is 23.0 Å². The quantitative estimate of drug-likeness (QED) is 0.456. The number of amides is 1. The third-order valence-corrected chi connectivity index (χ3v) is 6.64. The highest BCUT2D eigenvalue weighted by Crippen LogP contribution is 2.36. The lowest BCUT2D eigenvalue weighted by molar-refractivity contribution is -0.131. The van der Waals surface area contributed by atoms with E-state index in [0.29, 0.717) is 59.7 Å². The summed E-state index contributed by atoms with van der Waals surface area (Å²) in [5, 5.41) is 6.70. The molecule has 1 atom stereocenters. The summed E-state index contributed by atoms with van der Waals surface area (Å²) >= 11 is 0. The van der Waals surface area contributed by atoms with Gasteiger partial charge in [-0.25, -0.2) is 19.4 Å². The Balaban J connectivity index is 1.65. The lowest BCUT2D eigenvalue weighted by Gasteiger charge is -2.29. The summed E-state index contributed by atoms with van der Waals surface area (Å²) in [4.78, 5) is 37.8. The topological polar surface area (TPSA) is 123 Å². The van der Waals surface area contributed by atoms with Crippen molar-refractivity contribution in [1.82, 2.24) is 29.5 Å². The van der Waals surface area contributed by atoms with E-state index in [1.165, 1.54) is 6.33 Å². The van der Waals surface area contributed by atoms with Crippen LogP contribution in [-0.2, 0) is 4.79 Å². The van der Waals surface area contributed by atoms with Gasteiger partial charge in [0.25, 0.3) is 0 Å². The maximum atomic E-state index is 13.0. The highest BCUT2D eigenvalue weighted by Gasteiger charge is 2.28. The standard InChI is InChI=1S/C26H29N7O3/c1-15-21-24(27)28-14-29-25(21)33(30-15)16(2)23-22(18-7-5-6-8-19(18)26(35)36-23)17-9-11-32(12-10-17)20(34)13-31(3)4/h5-9,14,16H,10-13H2,1-4H3,(H2,27,28,29). The molecule has 5 rings (SSSR count). The van der Waals surface area contributed by atoms with Crippen LogP contribution in [0.15, 0.2) is 45.9 Å². The van der Waals surface area contributed by atoms with E-state index in [-0.39, 0.29) is 5.91 Å². The van der Waals surface area contributed by atoms with Gasteiger partial charge in [-0.05, 0) is 51.4 Å². The van der Waals surface area contributed by atoms with Crippen molar-refractivity contribution in [2.45, 2.75) is 26.3 Å². The molecule has 4 heterocycles. The molecule has 1 aliphatic rings. The Bertz CT molecular complexity index is 1570. The first-order valence-electron chi connectivity index (χ1n) is 11.9. The van der Waals surface area contributed by atoms with Crippen molar-refractivity contribution in [2.75, 3.05) is 39.5 Å². The summed E-state index contributed by atoms with van der Waals surface area (Å²) in [5.41, 5.74) is 8.87. The maximum Gasteiger partial charge on any atom is 0.343 e. The van der Waals surface area contributed by atoms with E-state index in [0.717, 1.165) is 16.5 Å². The van der Waals surface area contributed by atoms with E-state index < -0.39 is 11.7 Å². The van der Waals surface area contributed by atoms with Crippen LogP contribution in [0.1, 0.15) is 36.4 Å². The number of carbonyl (C=O) groups is 1. The molecule has 0 radical (unpaired) electrons. The SMILES string of the molecule is Cc1nn(C(C)c2oc(=O)c3ccccc3c2C2=CCN(C(=O)CN(C)C)CC2)c2ncnc(N)c12. The summed E-state index contributed by atoms with van der Waals surface area (Å²) < 4.78 is 7.72. The average molecular weight is 488 g/mol. The van der Waals surface area contributed by atoms with Gasteiger partial charge < -0.3 is 20.0 Å². The van der Waals surface area contributed by atoms with Crippen LogP contribution in [0.4, 0.5) is 5.82 Å². The minimum absolute atomic E-state index is 0.0871. The second kappa shape index (κ2) is 9.19. The molecule has 4 aromatic rings. The van der Waals surface area contributed by atoms with E-state index in [4.69, 9.17) is 10.2 Å². The number of carbonyl (C=O) groups excluding carboxylic acids is 1. The van der Waals surface area contributed by atoms with Crippen LogP contribution in [0.25, 0.3) is 27.4 Å². The zero-order chi connectivity index (χ0) is 25.6. The van der Waals surface area contributed by atoms with Crippen LogP contribution in [0.2, 0.25) is 0 Å². The first-order chi connectivity index (χ1) is 17.3. The third-order valence-electron chi connectivity index (χ3n) is 6.64. The number of likely N-dealkylation sites (N-methyl/N-ethyl adjacent to an activating group) is 1. The molecule has 1 aromatic carbocycles. The molecule has 1 amide bonds. The van der Waals surface area contributed by atoms with E-state index in [2.05, 4.69) is 21.1 Å². The number of nitrogens with two attached hydrogens (primary N) is 1. The van der Waals surface area contributed by atoms with Crippen molar-refractivity contribution in [3.8, 4) is 0 Å². The number of nitrogen functional groups attached to an aromatic ring is 1. The third kappa shape index (κ3) is 4.03. The predicted octanol–water partition coefficient (Wildman–Crippen LogP) is 2.61. The monoisotopic (exact) mass is 487 g/mol. The van der Waals surface area contributed by atoms with Crippen LogP contribution in [0, 0.1) is 6.92 Å². The zero-order valence-corrected chi connectivity index (χ0v) is 20.9. The molecular formula is C26H29N7O3. The van der Waals surface area contributed by atoms with Crippen LogP contribution in [0.3, 0.4) is 0 Å². The Morgan fingerprint density at radius 3 is 2.67 bits per heavy atom. The number of hydrogen-bond acceptors (Lipinski definition) is 8. The first kappa shape index (κ1) is 23.7. The van der Waals surface area contributed by atoms with Gasteiger partial charge in [0.2, 0.25) is 5.91 Å². The van der Waals surface area contributed by atoms with Gasteiger partial charge in [0.1, 0.15) is 23.9 Å². The fourth-order valence-corrected chi connectivity index (χ4v) is 4.89. The fraction of sp³-hybridized carbons (Fsp3) is 0.346. The van der Waals surface area contributed by atoms with Crippen LogP contribution in [-0.4, -0.2) is 69.2 Å². The lowest BCUT2D eigenvalue weighted by atomic mass is 9.92. The fourth-order valence-electron chi connectivity index (χ4n) is 4.89. The Morgan fingerprint density at radius 2 is 1.97 bits per heavy atom. The van der Waals surface area contributed by atoms with Crippen LogP contribution >= 0.6 is 0 Å². The molecule has 3 aromatic heterocycles. The molecule has 186 valence electrons. The summed E-state index contributed by atoms with van der Waals surface area (Å²) in [6, 6.07) is 7.01. The Morgan fingerprint density at radius 1 is 1.22 bits per heavy atom. The van der Waals surface area contributed by atoms with Crippen molar-refractivity contribution in [3.63, 3.8) is 0 Å². The van der Waals surface area contributed by atoms with Crippen LogP contribution < -0.4 is 11.4 Å². The normalized spacial score (nSPS) is 15.0. The Kier molecular flexibility index (Phi) is 6.05. The van der Waals surface area contributed by atoms with E-state index in [1.807, 2.05) is 55.9 Å². The minimum atomic E-state index is -0.447. The summed E-state index contributed by atoms with van der Waals surface area (Å²) in [6.45, 7) is 5.23. The van der Waals surface area contributed by atoms with E-state index in [1.54, 1.807) is 10.7 Å². The largest absolute Gasteiger partial charge is 0.424 e. The summed E-state index contributed by atoms with van der Waals surface area (Å²) in [7, 11) is 3.77. The highest BCUT2D eigenvalue weighted by molar-refractivity contribution is 5.94. The average Bonchev–Trinajstić information content (AvgIpc) is 3.21. The van der Waals surface area contributed by atoms with Crippen molar-refractivity contribution in [1.29, 1.82) is 0 Å². The van der Waals surface area contributed by atoms with Crippen molar-refractivity contribution in [3.05, 3.63) is 64.1 Å². The van der Waals surface area contributed by atoms with E-state index in [9.17, 15) is 9.59 Å². The molecule has 1 aliphatic heterocycles. The van der Waals surface area contributed by atoms with Crippen molar-refractivity contribution in [2.24, 2.45) is 0 Å². The number of aromatic nitrogens is 4. The molecule has 2 N–H and O–H groups in total. The van der Waals surface area contributed by atoms with Gasteiger partial charge in [-0.1, -0.05) is 24.3 Å². The molecule has 0 saturated heterocycles. The number of hydrogen-bond donors (Lipinski definition) is 1. The molecule has 10 nitrogen and oxygen atoms in total. The number of anilines is 1. The van der Waals surface area contributed by atoms with Gasteiger partial charge in [-0.15, -0.1) is 0 Å². The van der Waals surface area contributed by atoms with Gasteiger partial charge in [0.15, 0.2) is 5.65 Å². The summed E-state index contributed by atoms with van der Waals surface area (Å²) in [6.07, 6.45) is 4.11. The summed E-state index contributed by atoms with van der Waals surface area (Å²) in [5.74, 6) is 0.942. The molecule has 0 aliphatic carbocycles. The predicted molar refractivity (Wildman–Crippen MR) is 138 cm³/mol. The Hall–Kier alpha value is -4.05. The van der Waals surface area contributed by atoms with Crippen LogP contribution in [0.5, 0.6) is 0 Å². The number of benzene rings is 1. The Labute approximate surface area is 208 Å². The van der Waals surface area contributed by atoms with Gasteiger partial charge in [-0.3, -0.25) is 4.79 Å². The van der Waals surface area contributed by atoms with E-state index >= 15 is 0 Å². The first-order valence-corrected chi connectivity index (χ1v) is 11.9. The maximum absolute atomic E-state index is 13.0. The van der Waals surface area contributed by atoms with Gasteiger partial charge in [-0.2, -0.15) is 5.10 Å². The zero-order valence-electron chi connectivity index (χ0n) is 20.9. The number of rotatable bonds is 5. The molecule has 10 heteroatoms. The molecule has 0 bridgehead atoms. The molecule has 1 unspecified atom stereocenters. The smallest absolute Gasteiger partial charge is 0.343 e. The van der Waals surface area contributed by atoms with Crippen molar-refractivity contribution >= 4 is 39.1 Å². The lowest BCUT2D eigenvalue weighted by Crippen LogP contribution is -2.40. The molecular weight excluding hydrogens is 458 g/mol. The number of fused-ring (bicyclic) bond motifs is 2. The van der Waals surface area contributed by atoms with Crippen molar-refractivity contribution < 1.29 is 9.21 Å². The molecule has 0 saturated carbocycles. The molecule has 0 fully saturated rings. The minimum Gasteiger partial charge on any atom is -0.424 e. The molecule has 36 heavy (non-hydrogen) atoms. The van der Waals surface area contributed by atoms with Gasteiger partial charge >= 0.3 is 5.63 Å². The van der Waals surface area contributed by atoms with Gasteiger partial charge in [0, 0.05) is 18.7 Å². The molecule has 0 spiro atoms. The number of nitrogens with zero attached hydrogens (tertiary/aromatic N) is 6. The second-order valence-electron chi connectivity index (χ2n) is 9.39. The highest BCUT2D eigenvalue weighted by atomic mass is 16.4. The second-order valence-corrected chi connectivity index (χ2v) is 9.39. The number of aryl methyl sites for hydroxylation is 1.